The molecule has 0 spiro atoms. The molecule has 3 heteroatoms. The predicted octanol–water partition coefficient (Wildman–Crippen LogP) is 2.35. The average molecular weight is 244 g/mol. The van der Waals surface area contributed by atoms with Crippen LogP contribution in [-0.4, -0.2) is 43.8 Å². The van der Waals surface area contributed by atoms with Gasteiger partial charge in [-0.25, -0.2) is 0 Å². The molecule has 0 fully saturated rings. The van der Waals surface area contributed by atoms with Crippen LogP contribution in [-0.2, 0) is 4.74 Å². The van der Waals surface area contributed by atoms with Crippen molar-refractivity contribution in [2.75, 3.05) is 32.8 Å². The van der Waals surface area contributed by atoms with Gasteiger partial charge in [0.15, 0.2) is 0 Å². The molecule has 0 aliphatic rings. The van der Waals surface area contributed by atoms with Gasteiger partial charge in [-0.15, -0.1) is 0 Å². The number of likely N-dealkylation sites (N-methyl/N-ethyl adjacent to an activating group) is 1. The molecule has 0 saturated carbocycles. The van der Waals surface area contributed by atoms with E-state index in [4.69, 9.17) is 10.5 Å². The molecule has 2 atom stereocenters. The average Bonchev–Trinajstić information content (AvgIpc) is 2.27. The number of hydrogen-bond donors (Lipinski definition) is 1. The lowest BCUT2D eigenvalue weighted by atomic mass is 9.91. The minimum absolute atomic E-state index is 0.489. The summed E-state index contributed by atoms with van der Waals surface area (Å²) in [5.74, 6) is 1.39. The van der Waals surface area contributed by atoms with Gasteiger partial charge >= 0.3 is 0 Å². The van der Waals surface area contributed by atoms with Crippen LogP contribution >= 0.6 is 0 Å². The van der Waals surface area contributed by atoms with Gasteiger partial charge in [0.05, 0.1) is 6.61 Å². The smallest absolute Gasteiger partial charge is 0.0593 e. The Morgan fingerprint density at radius 2 is 1.82 bits per heavy atom. The Morgan fingerprint density at radius 3 is 2.24 bits per heavy atom. The molecular weight excluding hydrogens is 212 g/mol. The van der Waals surface area contributed by atoms with Crippen molar-refractivity contribution in [1.82, 2.24) is 4.90 Å². The van der Waals surface area contributed by atoms with Gasteiger partial charge in [0.1, 0.15) is 0 Å². The second-order valence-corrected chi connectivity index (χ2v) is 5.24. The third-order valence-electron chi connectivity index (χ3n) is 3.34. The zero-order valence-corrected chi connectivity index (χ0v) is 12.4. The van der Waals surface area contributed by atoms with Crippen LogP contribution < -0.4 is 5.73 Å². The summed E-state index contributed by atoms with van der Waals surface area (Å²) in [5, 5.41) is 0. The van der Waals surface area contributed by atoms with Crippen LogP contribution in [0.25, 0.3) is 0 Å². The quantitative estimate of drug-likeness (QED) is 0.600. The van der Waals surface area contributed by atoms with Gasteiger partial charge in [0, 0.05) is 25.7 Å². The number of nitrogens with zero attached hydrogens (tertiary/aromatic N) is 1. The second kappa shape index (κ2) is 9.86. The fourth-order valence-electron chi connectivity index (χ4n) is 2.53. The Labute approximate surface area is 108 Å². The largest absolute Gasteiger partial charge is 0.380 e. The molecule has 0 bridgehead atoms. The summed E-state index contributed by atoms with van der Waals surface area (Å²) in [6.45, 7) is 15.5. The zero-order chi connectivity index (χ0) is 13.3. The van der Waals surface area contributed by atoms with Crippen LogP contribution in [0.1, 0.15) is 41.0 Å². The lowest BCUT2D eigenvalue weighted by molar-refractivity contribution is 0.0800. The van der Waals surface area contributed by atoms with Gasteiger partial charge in [0.25, 0.3) is 0 Å². The third-order valence-corrected chi connectivity index (χ3v) is 3.34. The van der Waals surface area contributed by atoms with E-state index in [1.54, 1.807) is 0 Å². The summed E-state index contributed by atoms with van der Waals surface area (Å²) < 4.78 is 5.44. The van der Waals surface area contributed by atoms with Gasteiger partial charge in [-0.2, -0.15) is 0 Å². The van der Waals surface area contributed by atoms with E-state index in [1.807, 2.05) is 6.92 Å². The standard InChI is InChI=1S/C14H32N2O/c1-6-16(8-9-17-7-2)14(11-15)13(5)10-12(3)4/h12-14H,6-11,15H2,1-5H3. The van der Waals surface area contributed by atoms with Crippen molar-refractivity contribution >= 4 is 0 Å². The first-order valence-corrected chi connectivity index (χ1v) is 7.08. The highest BCUT2D eigenvalue weighted by molar-refractivity contribution is 4.78. The number of hydrogen-bond acceptors (Lipinski definition) is 3. The molecule has 0 aromatic carbocycles. The van der Waals surface area contributed by atoms with Crippen molar-refractivity contribution in [2.45, 2.75) is 47.1 Å². The fraction of sp³-hybridized carbons (Fsp3) is 1.00. The molecule has 17 heavy (non-hydrogen) atoms. The first-order chi connectivity index (χ1) is 8.06. The van der Waals surface area contributed by atoms with E-state index < -0.39 is 0 Å². The van der Waals surface area contributed by atoms with E-state index in [-0.39, 0.29) is 0 Å². The van der Waals surface area contributed by atoms with Gasteiger partial charge < -0.3 is 10.5 Å². The van der Waals surface area contributed by atoms with E-state index in [0.29, 0.717) is 12.0 Å². The van der Waals surface area contributed by atoms with Crippen LogP contribution in [0, 0.1) is 11.8 Å². The molecule has 0 amide bonds. The van der Waals surface area contributed by atoms with Crippen LogP contribution in [0.4, 0.5) is 0 Å². The predicted molar refractivity (Wildman–Crippen MR) is 75.2 cm³/mol. The second-order valence-electron chi connectivity index (χ2n) is 5.24. The fourth-order valence-corrected chi connectivity index (χ4v) is 2.53. The van der Waals surface area contributed by atoms with Crippen molar-refractivity contribution in [2.24, 2.45) is 17.6 Å². The summed E-state index contributed by atoms with van der Waals surface area (Å²) in [4.78, 5) is 2.46. The topological polar surface area (TPSA) is 38.5 Å². The Hall–Kier alpha value is -0.120. The number of rotatable bonds is 10. The number of ether oxygens (including phenoxy) is 1. The SMILES string of the molecule is CCOCCN(CC)C(CN)C(C)CC(C)C. The van der Waals surface area contributed by atoms with Crippen molar-refractivity contribution in [3.8, 4) is 0 Å². The molecule has 0 aromatic heterocycles. The maximum Gasteiger partial charge on any atom is 0.0593 e. The molecule has 0 rings (SSSR count). The van der Waals surface area contributed by atoms with Crippen LogP contribution in [0.15, 0.2) is 0 Å². The molecule has 104 valence electrons. The van der Waals surface area contributed by atoms with Crippen molar-refractivity contribution in [3.63, 3.8) is 0 Å². The van der Waals surface area contributed by atoms with E-state index >= 15 is 0 Å². The van der Waals surface area contributed by atoms with Gasteiger partial charge in [-0.05, 0) is 31.7 Å². The molecule has 0 aliphatic heterocycles. The van der Waals surface area contributed by atoms with Crippen molar-refractivity contribution < 1.29 is 4.74 Å². The maximum absolute atomic E-state index is 5.95. The summed E-state index contributed by atoms with van der Waals surface area (Å²) >= 11 is 0. The Kier molecular flexibility index (Phi) is 9.79. The highest BCUT2D eigenvalue weighted by Crippen LogP contribution is 2.18. The molecular formula is C14H32N2O. The summed E-state index contributed by atoms with van der Waals surface area (Å²) in [6, 6.07) is 0.489. The first kappa shape index (κ1) is 16.9. The molecule has 0 aromatic rings. The molecule has 3 nitrogen and oxygen atoms in total. The first-order valence-electron chi connectivity index (χ1n) is 7.08. The highest BCUT2D eigenvalue weighted by Gasteiger charge is 2.22. The molecule has 0 radical (unpaired) electrons. The molecule has 0 heterocycles. The number of nitrogens with two attached hydrogens (primary N) is 1. The van der Waals surface area contributed by atoms with E-state index in [0.717, 1.165) is 38.8 Å². The highest BCUT2D eigenvalue weighted by atomic mass is 16.5. The van der Waals surface area contributed by atoms with Crippen molar-refractivity contribution in [3.05, 3.63) is 0 Å². The van der Waals surface area contributed by atoms with Gasteiger partial charge in [-0.3, -0.25) is 4.90 Å². The zero-order valence-electron chi connectivity index (χ0n) is 12.4. The molecule has 2 unspecified atom stereocenters. The maximum atomic E-state index is 5.95. The van der Waals surface area contributed by atoms with E-state index in [2.05, 4.69) is 32.6 Å². The minimum atomic E-state index is 0.489. The molecule has 0 aliphatic carbocycles. The lowest BCUT2D eigenvalue weighted by Crippen LogP contribution is -2.46. The van der Waals surface area contributed by atoms with E-state index in [1.165, 1.54) is 6.42 Å². The molecule has 2 N–H and O–H groups in total. The van der Waals surface area contributed by atoms with Crippen LogP contribution in [0.5, 0.6) is 0 Å². The van der Waals surface area contributed by atoms with Crippen LogP contribution in [0.3, 0.4) is 0 Å². The van der Waals surface area contributed by atoms with Gasteiger partial charge in [0.2, 0.25) is 0 Å². The summed E-state index contributed by atoms with van der Waals surface area (Å²) in [5.41, 5.74) is 5.95. The molecule has 0 saturated heterocycles. The van der Waals surface area contributed by atoms with Gasteiger partial charge in [-0.1, -0.05) is 27.7 Å². The Bertz CT molecular complexity index is 174. The van der Waals surface area contributed by atoms with E-state index in [9.17, 15) is 0 Å². The summed E-state index contributed by atoms with van der Waals surface area (Å²) in [7, 11) is 0. The minimum Gasteiger partial charge on any atom is -0.380 e. The normalized spacial score (nSPS) is 15.5. The lowest BCUT2D eigenvalue weighted by Gasteiger charge is -2.35. The third kappa shape index (κ3) is 7.02. The summed E-state index contributed by atoms with van der Waals surface area (Å²) in [6.07, 6.45) is 1.24. The Balaban J connectivity index is 4.25. The van der Waals surface area contributed by atoms with Crippen molar-refractivity contribution in [1.29, 1.82) is 0 Å². The monoisotopic (exact) mass is 244 g/mol. The van der Waals surface area contributed by atoms with Crippen LogP contribution in [0.2, 0.25) is 0 Å². The Morgan fingerprint density at radius 1 is 1.18 bits per heavy atom.